The number of aliphatic hydroxyl groups excluding tert-OH is 1. The predicted molar refractivity (Wildman–Crippen MR) is 418 cm³/mol. The van der Waals surface area contributed by atoms with Crippen molar-refractivity contribution in [3.05, 3.63) is 97.2 Å². The van der Waals surface area contributed by atoms with Crippen molar-refractivity contribution in [2.45, 2.75) is 367 Å². The predicted octanol–water partition coefficient (Wildman–Crippen LogP) is 23.6. The van der Waals surface area contributed by atoms with Gasteiger partial charge in [0.15, 0.2) is 12.2 Å². The molecule has 3 N–H and O–H groups in total. The van der Waals surface area contributed by atoms with E-state index in [9.17, 15) is 43.2 Å². The number of aliphatic hydroxyl groups is 1. The number of carbonyl (C=O) groups is 4. The number of hydrogen-bond donors (Lipinski definition) is 3. The van der Waals surface area contributed by atoms with Crippen LogP contribution in [0.5, 0.6) is 0 Å². The molecule has 0 aliphatic carbocycles. The van der Waals surface area contributed by atoms with E-state index in [1.807, 2.05) is 0 Å². The molecule has 5 unspecified atom stereocenters. The Labute approximate surface area is 620 Å². The maximum absolute atomic E-state index is 13.1. The van der Waals surface area contributed by atoms with Gasteiger partial charge in [-0.2, -0.15) is 0 Å². The molecule has 0 aromatic rings. The number of ether oxygens (including phenoxy) is 4. The van der Waals surface area contributed by atoms with Gasteiger partial charge >= 0.3 is 39.5 Å². The van der Waals surface area contributed by atoms with E-state index in [2.05, 4.69) is 125 Å². The zero-order chi connectivity index (χ0) is 74.6. The summed E-state index contributed by atoms with van der Waals surface area (Å²) < 4.78 is 68.6. The first-order valence-electron chi connectivity index (χ1n) is 40.5. The van der Waals surface area contributed by atoms with Crippen LogP contribution in [0.2, 0.25) is 0 Å². The molecule has 0 amide bonds. The molecule has 0 saturated carbocycles. The molecule has 0 saturated heterocycles. The largest absolute Gasteiger partial charge is 0.472 e. The van der Waals surface area contributed by atoms with Crippen LogP contribution in [0.1, 0.15) is 349 Å². The Bertz CT molecular complexity index is 2310. The number of phosphoric ester groups is 2. The lowest BCUT2D eigenvalue weighted by Gasteiger charge is -2.21. The van der Waals surface area contributed by atoms with Gasteiger partial charge in [-0.3, -0.25) is 37.3 Å². The molecular formula is C83H146O17P2. The molecule has 102 heavy (non-hydrogen) atoms. The Morgan fingerprint density at radius 1 is 0.284 bits per heavy atom. The average molecular weight is 1480 g/mol. The summed E-state index contributed by atoms with van der Waals surface area (Å²) in [6.45, 7) is 4.63. The van der Waals surface area contributed by atoms with Gasteiger partial charge in [-0.05, 0) is 103 Å². The summed E-state index contributed by atoms with van der Waals surface area (Å²) in [5.74, 6) is -2.22. The molecule has 0 bridgehead atoms. The third-order valence-corrected chi connectivity index (χ3v) is 19.0. The molecule has 0 radical (unpaired) electrons. The first kappa shape index (κ1) is 98.0. The average Bonchev–Trinajstić information content (AvgIpc) is 0.923. The lowest BCUT2D eigenvalue weighted by molar-refractivity contribution is -0.161. The van der Waals surface area contributed by atoms with E-state index in [1.165, 1.54) is 135 Å². The summed E-state index contributed by atoms with van der Waals surface area (Å²) in [6.07, 6.45) is 79.6. The minimum Gasteiger partial charge on any atom is -0.462 e. The molecule has 5 atom stereocenters. The molecule has 0 rings (SSSR count). The van der Waals surface area contributed by atoms with E-state index in [-0.39, 0.29) is 25.7 Å². The van der Waals surface area contributed by atoms with Crippen molar-refractivity contribution in [3.8, 4) is 0 Å². The zero-order valence-electron chi connectivity index (χ0n) is 64.5. The monoisotopic (exact) mass is 1480 g/mol. The van der Waals surface area contributed by atoms with Crippen molar-refractivity contribution in [3.63, 3.8) is 0 Å². The van der Waals surface area contributed by atoms with Crippen LogP contribution in [-0.4, -0.2) is 96.7 Å². The van der Waals surface area contributed by atoms with Crippen LogP contribution in [0, 0.1) is 0 Å². The van der Waals surface area contributed by atoms with Crippen molar-refractivity contribution >= 4 is 39.5 Å². The molecular weight excluding hydrogens is 1330 g/mol. The van der Waals surface area contributed by atoms with Gasteiger partial charge in [-0.15, -0.1) is 0 Å². The quantitative estimate of drug-likeness (QED) is 0.0169. The van der Waals surface area contributed by atoms with Crippen LogP contribution >= 0.6 is 15.6 Å². The fourth-order valence-corrected chi connectivity index (χ4v) is 12.5. The van der Waals surface area contributed by atoms with E-state index >= 15 is 0 Å². The van der Waals surface area contributed by atoms with E-state index in [4.69, 9.17) is 37.0 Å². The van der Waals surface area contributed by atoms with Crippen LogP contribution in [0.3, 0.4) is 0 Å². The third-order valence-electron chi connectivity index (χ3n) is 17.1. The summed E-state index contributed by atoms with van der Waals surface area (Å²) >= 11 is 0. The summed E-state index contributed by atoms with van der Waals surface area (Å²) in [5.41, 5.74) is 0. The van der Waals surface area contributed by atoms with Gasteiger partial charge in [0.1, 0.15) is 19.3 Å². The fraction of sp³-hybridized carbons (Fsp3) is 0.759. The summed E-state index contributed by atoms with van der Waals surface area (Å²) in [4.78, 5) is 73.0. The lowest BCUT2D eigenvalue weighted by atomic mass is 10.0. The molecule has 17 nitrogen and oxygen atoms in total. The lowest BCUT2D eigenvalue weighted by Crippen LogP contribution is -2.30. The summed E-state index contributed by atoms with van der Waals surface area (Å²) in [5, 5.41) is 10.6. The molecule has 0 aliphatic heterocycles. The third kappa shape index (κ3) is 74.3. The number of phosphoric acid groups is 2. The molecule has 0 fully saturated rings. The number of hydrogen-bond acceptors (Lipinski definition) is 15. The number of esters is 4. The topological polar surface area (TPSA) is 237 Å². The Morgan fingerprint density at radius 2 is 0.510 bits per heavy atom. The Kier molecular flexibility index (Phi) is 72.3. The maximum atomic E-state index is 13.1. The zero-order valence-corrected chi connectivity index (χ0v) is 66.3. The first-order chi connectivity index (χ1) is 49.7. The van der Waals surface area contributed by atoms with E-state index in [0.29, 0.717) is 32.1 Å². The van der Waals surface area contributed by atoms with Crippen LogP contribution in [-0.2, 0) is 65.4 Å². The van der Waals surface area contributed by atoms with E-state index in [0.717, 1.165) is 128 Å². The van der Waals surface area contributed by atoms with Crippen molar-refractivity contribution in [2.24, 2.45) is 0 Å². The highest BCUT2D eigenvalue weighted by Crippen LogP contribution is 2.45. The Balaban J connectivity index is 5.39. The second-order valence-electron chi connectivity index (χ2n) is 27.0. The Morgan fingerprint density at radius 3 is 0.804 bits per heavy atom. The smallest absolute Gasteiger partial charge is 0.462 e. The second kappa shape index (κ2) is 75.2. The van der Waals surface area contributed by atoms with Crippen molar-refractivity contribution in [2.75, 3.05) is 39.6 Å². The molecule has 590 valence electrons. The van der Waals surface area contributed by atoms with E-state index in [1.54, 1.807) is 0 Å². The first-order valence-corrected chi connectivity index (χ1v) is 43.5. The fourth-order valence-electron chi connectivity index (χ4n) is 11.0. The molecule has 0 heterocycles. The van der Waals surface area contributed by atoms with Gasteiger partial charge < -0.3 is 33.8 Å². The van der Waals surface area contributed by atoms with Crippen molar-refractivity contribution < 1.29 is 80.2 Å². The van der Waals surface area contributed by atoms with Gasteiger partial charge in [0.05, 0.1) is 26.4 Å². The van der Waals surface area contributed by atoms with Crippen LogP contribution in [0.25, 0.3) is 0 Å². The molecule has 19 heteroatoms. The SMILES string of the molecule is CC/C=C\C/C=C\C/C=C\C/C=C\CCCCCCC(=O)OCC(COP(=O)(O)OCC(O)COP(=O)(O)OCC(COC(=O)CCCCCCCCCCCCCCCCC)OC(=O)CCCCCCCCCCCCCCCCC)OC(=O)CCCC/C=C\C/C=C\C/C=C\C/C=C\CC. The van der Waals surface area contributed by atoms with Gasteiger partial charge in [0.2, 0.25) is 0 Å². The van der Waals surface area contributed by atoms with Crippen LogP contribution in [0.15, 0.2) is 97.2 Å². The summed E-state index contributed by atoms with van der Waals surface area (Å²) in [7, 11) is -9.97. The molecule has 0 spiro atoms. The number of unbranched alkanes of at least 4 members (excludes halogenated alkanes) is 34. The van der Waals surface area contributed by atoms with Gasteiger partial charge in [0.25, 0.3) is 0 Å². The molecule has 0 aromatic heterocycles. The molecule has 0 aliphatic rings. The van der Waals surface area contributed by atoms with Crippen molar-refractivity contribution in [1.82, 2.24) is 0 Å². The highest BCUT2D eigenvalue weighted by Gasteiger charge is 2.30. The minimum absolute atomic E-state index is 0.0369. The van der Waals surface area contributed by atoms with Gasteiger partial charge in [-0.25, -0.2) is 9.13 Å². The van der Waals surface area contributed by atoms with Crippen molar-refractivity contribution in [1.29, 1.82) is 0 Å². The Hall–Kier alpha value is -4.02. The van der Waals surface area contributed by atoms with Gasteiger partial charge in [-0.1, -0.05) is 318 Å². The highest BCUT2D eigenvalue weighted by atomic mass is 31.2. The minimum atomic E-state index is -4.99. The van der Waals surface area contributed by atoms with E-state index < -0.39 is 97.5 Å². The second-order valence-corrected chi connectivity index (χ2v) is 29.9. The number of allylic oxidation sites excluding steroid dienone is 16. The number of rotatable bonds is 76. The normalized spacial score (nSPS) is 14.4. The number of carbonyl (C=O) groups excluding carboxylic acids is 4. The molecule has 0 aromatic carbocycles. The van der Waals surface area contributed by atoms with Gasteiger partial charge in [0, 0.05) is 25.7 Å². The van der Waals surface area contributed by atoms with Crippen LogP contribution in [0.4, 0.5) is 0 Å². The maximum Gasteiger partial charge on any atom is 0.472 e. The van der Waals surface area contributed by atoms with Crippen LogP contribution < -0.4 is 0 Å². The summed E-state index contributed by atoms with van der Waals surface area (Å²) in [6, 6.07) is 0. The standard InChI is InChI=1S/C83H146O17P2/c1-5-9-13-17-21-25-29-33-37-38-42-44-48-52-56-60-64-68-81(86)94-74-79(100-83(88)70-66-62-58-54-50-46-41-36-32-28-24-20-16-12-8-4)76-98-102(91,92)96-72-77(84)71-95-101(89,90)97-75-78(99-82(87)69-65-61-57-53-49-45-40-35-31-27-23-19-15-11-7-3)73-93-80(85)67-63-59-55-51-47-43-39-34-30-26-22-18-14-10-6-2/h9,12-13,16,21,24-25,28,33,36-37,41-42,44,50,54,77-79,84H,5-8,10-11,14-15,17-20,22-23,26-27,29-32,34-35,38-40,43,45-49,51-53,55-76H2,1-4H3,(H,89,90)(H,91,92)/b13-9-,16-12-,25-21-,28-24-,37-33-,41-36-,44-42-,54-50-. The highest BCUT2D eigenvalue weighted by molar-refractivity contribution is 7.47.